The van der Waals surface area contributed by atoms with Gasteiger partial charge in [0.2, 0.25) is 0 Å². The first-order valence-corrected chi connectivity index (χ1v) is 5.73. The fourth-order valence-electron chi connectivity index (χ4n) is 1.82. The zero-order valence-electron chi connectivity index (χ0n) is 11.2. The molecule has 0 heterocycles. The van der Waals surface area contributed by atoms with Gasteiger partial charge >= 0.3 is 5.97 Å². The first-order chi connectivity index (χ1) is 7.97. The maximum Gasteiger partial charge on any atom is 0.315 e. The summed E-state index contributed by atoms with van der Waals surface area (Å²) < 4.78 is 10.1. The third-order valence-electron chi connectivity index (χ3n) is 3.08. The molecule has 0 unspecified atom stereocenters. The average Bonchev–Trinajstić information content (AvgIpc) is 2.36. The van der Waals surface area contributed by atoms with Crippen LogP contribution in [0.3, 0.4) is 0 Å². The Hall–Kier alpha value is -1.51. The number of carbonyl (C=O) groups excluding carboxylic acids is 1. The molecule has 1 aromatic rings. The van der Waals surface area contributed by atoms with Crippen molar-refractivity contribution < 1.29 is 14.3 Å². The number of rotatable bonds is 4. The van der Waals surface area contributed by atoms with E-state index in [4.69, 9.17) is 9.47 Å². The summed E-state index contributed by atoms with van der Waals surface area (Å²) in [6.07, 6.45) is 0.869. The molecular formula is C14H20O3. The standard InChI is InChI=1S/C14H20O3/c1-6-10-9-11(7-8-12(10)16-4)14(2,3)13(15)17-5/h7-9H,6H2,1-5H3. The van der Waals surface area contributed by atoms with Crippen molar-refractivity contribution in [1.82, 2.24) is 0 Å². The van der Waals surface area contributed by atoms with Crippen molar-refractivity contribution in [3.8, 4) is 5.75 Å². The highest BCUT2D eigenvalue weighted by Crippen LogP contribution is 2.29. The third kappa shape index (κ3) is 2.60. The molecule has 0 aliphatic heterocycles. The van der Waals surface area contributed by atoms with E-state index >= 15 is 0 Å². The van der Waals surface area contributed by atoms with Crippen LogP contribution in [-0.2, 0) is 21.4 Å². The molecule has 0 aliphatic carbocycles. The summed E-state index contributed by atoms with van der Waals surface area (Å²) in [5.74, 6) is 0.627. The smallest absolute Gasteiger partial charge is 0.315 e. The molecule has 0 radical (unpaired) electrons. The Labute approximate surface area is 103 Å². The van der Waals surface area contributed by atoms with Gasteiger partial charge in [-0.05, 0) is 37.5 Å². The van der Waals surface area contributed by atoms with Crippen LogP contribution in [0.2, 0.25) is 0 Å². The maximum absolute atomic E-state index is 11.7. The molecular weight excluding hydrogens is 216 g/mol. The predicted octanol–water partition coefficient (Wildman–Crippen LogP) is 2.71. The van der Waals surface area contributed by atoms with E-state index in [1.807, 2.05) is 32.0 Å². The lowest BCUT2D eigenvalue weighted by molar-refractivity contribution is -0.146. The maximum atomic E-state index is 11.7. The van der Waals surface area contributed by atoms with Crippen LogP contribution >= 0.6 is 0 Å². The van der Waals surface area contributed by atoms with Gasteiger partial charge in [-0.2, -0.15) is 0 Å². The number of carbonyl (C=O) groups is 1. The van der Waals surface area contributed by atoms with E-state index in [9.17, 15) is 4.79 Å². The fraction of sp³-hybridized carbons (Fsp3) is 0.500. The summed E-state index contributed by atoms with van der Waals surface area (Å²) in [6, 6.07) is 5.82. The number of aryl methyl sites for hydroxylation is 1. The minimum Gasteiger partial charge on any atom is -0.496 e. The van der Waals surface area contributed by atoms with Crippen molar-refractivity contribution in [3.05, 3.63) is 29.3 Å². The van der Waals surface area contributed by atoms with Gasteiger partial charge < -0.3 is 9.47 Å². The molecule has 1 rings (SSSR count). The Balaban J connectivity index is 3.19. The Morgan fingerprint density at radius 1 is 1.29 bits per heavy atom. The summed E-state index contributed by atoms with van der Waals surface area (Å²) in [6.45, 7) is 5.78. The van der Waals surface area contributed by atoms with Gasteiger partial charge in [0.05, 0.1) is 19.6 Å². The van der Waals surface area contributed by atoms with Gasteiger partial charge in [-0.1, -0.05) is 19.1 Å². The molecule has 0 atom stereocenters. The molecule has 0 aromatic heterocycles. The number of hydrogen-bond acceptors (Lipinski definition) is 3. The highest BCUT2D eigenvalue weighted by molar-refractivity contribution is 5.82. The number of hydrogen-bond donors (Lipinski definition) is 0. The van der Waals surface area contributed by atoms with Gasteiger partial charge in [-0.3, -0.25) is 4.79 Å². The SMILES string of the molecule is CCc1cc(C(C)(C)C(=O)OC)ccc1OC. The Kier molecular flexibility index (Phi) is 4.16. The quantitative estimate of drug-likeness (QED) is 0.754. The van der Waals surface area contributed by atoms with Crippen LogP contribution in [0.15, 0.2) is 18.2 Å². The van der Waals surface area contributed by atoms with Crippen LogP contribution in [0.1, 0.15) is 31.9 Å². The van der Waals surface area contributed by atoms with Gasteiger partial charge in [0, 0.05) is 0 Å². The van der Waals surface area contributed by atoms with Crippen molar-refractivity contribution in [2.24, 2.45) is 0 Å². The van der Waals surface area contributed by atoms with Gasteiger partial charge in [0.1, 0.15) is 5.75 Å². The lowest BCUT2D eigenvalue weighted by atomic mass is 9.83. The van der Waals surface area contributed by atoms with Crippen LogP contribution in [0.4, 0.5) is 0 Å². The molecule has 0 bridgehead atoms. The Morgan fingerprint density at radius 2 is 1.94 bits per heavy atom. The second-order valence-electron chi connectivity index (χ2n) is 4.50. The number of ether oxygens (including phenoxy) is 2. The van der Waals surface area contributed by atoms with Crippen molar-refractivity contribution >= 4 is 5.97 Å². The van der Waals surface area contributed by atoms with E-state index in [0.717, 1.165) is 23.3 Å². The predicted molar refractivity (Wildman–Crippen MR) is 67.4 cm³/mol. The minimum atomic E-state index is -0.634. The molecule has 0 aliphatic rings. The normalized spacial score (nSPS) is 11.1. The van der Waals surface area contributed by atoms with Gasteiger partial charge in [0.25, 0.3) is 0 Å². The van der Waals surface area contributed by atoms with E-state index in [-0.39, 0.29) is 5.97 Å². The van der Waals surface area contributed by atoms with E-state index in [0.29, 0.717) is 0 Å². The van der Waals surface area contributed by atoms with Crippen molar-refractivity contribution in [1.29, 1.82) is 0 Å². The average molecular weight is 236 g/mol. The number of esters is 1. The summed E-state index contributed by atoms with van der Waals surface area (Å²) in [7, 11) is 3.06. The molecule has 0 saturated carbocycles. The molecule has 1 aromatic carbocycles. The number of benzene rings is 1. The molecule has 0 saturated heterocycles. The van der Waals surface area contributed by atoms with Gasteiger partial charge in [0.15, 0.2) is 0 Å². The summed E-state index contributed by atoms with van der Waals surface area (Å²) in [4.78, 5) is 11.7. The van der Waals surface area contributed by atoms with Crippen molar-refractivity contribution in [2.75, 3.05) is 14.2 Å². The zero-order chi connectivity index (χ0) is 13.1. The molecule has 0 fully saturated rings. The topological polar surface area (TPSA) is 35.5 Å². The van der Waals surface area contributed by atoms with E-state index < -0.39 is 5.41 Å². The monoisotopic (exact) mass is 236 g/mol. The molecule has 3 nitrogen and oxygen atoms in total. The van der Waals surface area contributed by atoms with E-state index in [1.54, 1.807) is 7.11 Å². The Morgan fingerprint density at radius 3 is 2.41 bits per heavy atom. The Bertz CT molecular complexity index is 408. The van der Waals surface area contributed by atoms with E-state index in [2.05, 4.69) is 6.92 Å². The van der Waals surface area contributed by atoms with Crippen molar-refractivity contribution in [3.63, 3.8) is 0 Å². The summed E-state index contributed by atoms with van der Waals surface area (Å²) in [5.41, 5.74) is 1.41. The third-order valence-corrected chi connectivity index (χ3v) is 3.08. The highest BCUT2D eigenvalue weighted by atomic mass is 16.5. The molecule has 3 heteroatoms. The number of methoxy groups -OCH3 is 2. The highest BCUT2D eigenvalue weighted by Gasteiger charge is 2.31. The molecule has 0 amide bonds. The second kappa shape index (κ2) is 5.21. The van der Waals surface area contributed by atoms with Crippen LogP contribution in [0.5, 0.6) is 5.75 Å². The van der Waals surface area contributed by atoms with Crippen LogP contribution in [0.25, 0.3) is 0 Å². The first-order valence-electron chi connectivity index (χ1n) is 5.73. The van der Waals surface area contributed by atoms with Crippen LogP contribution < -0.4 is 4.74 Å². The first kappa shape index (κ1) is 13.6. The van der Waals surface area contributed by atoms with Gasteiger partial charge in [-0.25, -0.2) is 0 Å². The molecule has 0 spiro atoms. The van der Waals surface area contributed by atoms with E-state index in [1.165, 1.54) is 7.11 Å². The molecule has 94 valence electrons. The van der Waals surface area contributed by atoms with Crippen LogP contribution in [-0.4, -0.2) is 20.2 Å². The largest absolute Gasteiger partial charge is 0.496 e. The molecule has 0 N–H and O–H groups in total. The van der Waals surface area contributed by atoms with Crippen molar-refractivity contribution in [2.45, 2.75) is 32.6 Å². The zero-order valence-corrected chi connectivity index (χ0v) is 11.2. The summed E-state index contributed by atoms with van der Waals surface area (Å²) in [5, 5.41) is 0. The minimum absolute atomic E-state index is 0.232. The lowest BCUT2D eigenvalue weighted by Crippen LogP contribution is -2.30. The molecule has 17 heavy (non-hydrogen) atoms. The fourth-order valence-corrected chi connectivity index (χ4v) is 1.82. The lowest BCUT2D eigenvalue weighted by Gasteiger charge is -2.23. The second-order valence-corrected chi connectivity index (χ2v) is 4.50. The van der Waals surface area contributed by atoms with Gasteiger partial charge in [-0.15, -0.1) is 0 Å². The van der Waals surface area contributed by atoms with Crippen LogP contribution in [0, 0.1) is 0 Å². The summed E-state index contributed by atoms with van der Waals surface area (Å²) >= 11 is 0.